The van der Waals surface area contributed by atoms with E-state index >= 15 is 0 Å². The van der Waals surface area contributed by atoms with E-state index in [9.17, 15) is 24.3 Å². The summed E-state index contributed by atoms with van der Waals surface area (Å²) in [4.78, 5) is 31.1. The molecule has 0 unspecified atom stereocenters. The number of amides is 1. The molecule has 0 aromatic heterocycles. The molecule has 0 bridgehead atoms. The maximum atomic E-state index is 12.7. The second-order valence-electron chi connectivity index (χ2n) is 20.0. The minimum atomic E-state index is -4.69. The first-order chi connectivity index (χ1) is 30.8. The number of unbranched alkanes of at least 4 members (excludes halogenated alkanes) is 45. The van der Waals surface area contributed by atoms with Crippen molar-refractivity contribution in [1.82, 2.24) is 5.32 Å². The molecule has 0 rings (SSSR count). The van der Waals surface area contributed by atoms with Gasteiger partial charge < -0.3 is 20.2 Å². The smallest absolute Gasteiger partial charge is 0.391 e. The van der Waals surface area contributed by atoms with Gasteiger partial charge in [0.05, 0.1) is 18.8 Å². The van der Waals surface area contributed by atoms with Crippen LogP contribution in [0.5, 0.6) is 0 Å². The Labute approximate surface area is 393 Å². The number of hydrogen-bond donors (Lipinski definition) is 4. The van der Waals surface area contributed by atoms with Crippen LogP contribution in [0.3, 0.4) is 0 Å². The number of nitrogens with one attached hydrogen (secondary N) is 1. The molecule has 63 heavy (non-hydrogen) atoms. The lowest BCUT2D eigenvalue weighted by Crippen LogP contribution is -2.46. The van der Waals surface area contributed by atoms with Gasteiger partial charge in [-0.1, -0.05) is 309 Å². The number of carbonyl (C=O) groups is 1. The van der Waals surface area contributed by atoms with Crippen molar-refractivity contribution in [2.45, 2.75) is 341 Å². The summed E-state index contributed by atoms with van der Waals surface area (Å²) in [5.74, 6) is -0.185. The lowest BCUT2D eigenvalue weighted by Gasteiger charge is -2.24. The molecule has 0 aliphatic rings. The van der Waals surface area contributed by atoms with Crippen molar-refractivity contribution in [3.05, 3.63) is 0 Å². The van der Waals surface area contributed by atoms with Crippen LogP contribution in [0.4, 0.5) is 0 Å². The summed E-state index contributed by atoms with van der Waals surface area (Å²) in [5, 5.41) is 13.6. The minimum Gasteiger partial charge on any atom is -0.391 e. The average Bonchev–Trinajstić information content (AvgIpc) is 3.26. The van der Waals surface area contributed by atoms with E-state index in [0.29, 0.717) is 12.8 Å². The van der Waals surface area contributed by atoms with Gasteiger partial charge >= 0.3 is 7.82 Å². The third-order valence-corrected chi connectivity index (χ3v) is 14.1. The highest BCUT2D eigenvalue weighted by Gasteiger charge is 2.25. The quantitative estimate of drug-likeness (QED) is 0.0357. The number of rotatable bonds is 54. The molecule has 0 fully saturated rings. The van der Waals surface area contributed by atoms with Crippen molar-refractivity contribution >= 4 is 13.7 Å². The van der Waals surface area contributed by atoms with E-state index in [1.807, 2.05) is 0 Å². The number of phosphoric ester groups is 1. The zero-order valence-corrected chi connectivity index (χ0v) is 43.4. The van der Waals surface area contributed by atoms with E-state index in [4.69, 9.17) is 4.52 Å². The molecule has 2 atom stereocenters. The van der Waals surface area contributed by atoms with Gasteiger partial charge in [0, 0.05) is 6.42 Å². The summed E-state index contributed by atoms with van der Waals surface area (Å²) in [6, 6.07) is -0.820. The van der Waals surface area contributed by atoms with Gasteiger partial charge in [0.1, 0.15) is 0 Å². The van der Waals surface area contributed by atoms with Crippen molar-refractivity contribution in [3.63, 3.8) is 0 Å². The molecule has 0 heterocycles. The van der Waals surface area contributed by atoms with Gasteiger partial charge in [-0.2, -0.15) is 0 Å². The minimum absolute atomic E-state index is 0.185. The van der Waals surface area contributed by atoms with Crippen molar-refractivity contribution in [2.24, 2.45) is 0 Å². The Morgan fingerprint density at radius 2 is 0.619 bits per heavy atom. The standard InChI is InChI=1S/C55H112NO6P/c1-3-5-7-9-11-13-15-17-19-21-22-23-24-25-26-27-28-29-30-31-32-33-34-35-37-39-41-43-45-47-49-51-55(58)56-53(52-62-63(59,60)61)54(57)50-48-46-44-42-40-38-36-20-18-16-14-12-10-8-6-4-2/h53-54,57H,3-52H2,1-2H3,(H,56,58)(H2,59,60,61)/t53-,54+/m0/s1. The van der Waals surface area contributed by atoms with Gasteiger partial charge in [-0.15, -0.1) is 0 Å². The molecule has 1 amide bonds. The van der Waals surface area contributed by atoms with Crippen LogP contribution in [0.15, 0.2) is 0 Å². The lowest BCUT2D eigenvalue weighted by molar-refractivity contribution is -0.123. The number of aliphatic hydroxyl groups is 1. The highest BCUT2D eigenvalue weighted by Crippen LogP contribution is 2.36. The zero-order valence-electron chi connectivity index (χ0n) is 42.5. The topological polar surface area (TPSA) is 116 Å². The van der Waals surface area contributed by atoms with Crippen LogP contribution in [-0.2, 0) is 13.9 Å². The second kappa shape index (κ2) is 50.9. The number of aliphatic hydroxyl groups excluding tert-OH is 1. The highest BCUT2D eigenvalue weighted by molar-refractivity contribution is 7.46. The van der Waals surface area contributed by atoms with Crippen LogP contribution < -0.4 is 5.32 Å². The summed E-state index contributed by atoms with van der Waals surface area (Å²) >= 11 is 0. The Hall–Kier alpha value is -0.460. The van der Waals surface area contributed by atoms with Gasteiger partial charge in [-0.05, 0) is 12.8 Å². The van der Waals surface area contributed by atoms with E-state index in [1.165, 1.54) is 263 Å². The predicted octanol–water partition coefficient (Wildman–Crippen LogP) is 18.1. The normalized spacial score (nSPS) is 12.9. The van der Waals surface area contributed by atoms with Crippen LogP contribution in [0.1, 0.15) is 328 Å². The molecule has 0 aromatic rings. The molecule has 0 spiro atoms. The first-order valence-corrected chi connectivity index (χ1v) is 30.0. The van der Waals surface area contributed by atoms with E-state index in [0.717, 1.165) is 38.5 Å². The molecule has 4 N–H and O–H groups in total. The van der Waals surface area contributed by atoms with Gasteiger partial charge in [0.25, 0.3) is 0 Å². The van der Waals surface area contributed by atoms with Gasteiger partial charge in [0.2, 0.25) is 5.91 Å². The zero-order chi connectivity index (χ0) is 46.0. The fraction of sp³-hybridized carbons (Fsp3) is 0.982. The van der Waals surface area contributed by atoms with Gasteiger partial charge in [0.15, 0.2) is 0 Å². The molecule has 378 valence electrons. The van der Waals surface area contributed by atoms with E-state index in [2.05, 4.69) is 19.2 Å². The van der Waals surface area contributed by atoms with Crippen LogP contribution in [0, 0.1) is 0 Å². The van der Waals surface area contributed by atoms with Gasteiger partial charge in [-0.25, -0.2) is 4.57 Å². The maximum Gasteiger partial charge on any atom is 0.469 e. The van der Waals surface area contributed by atoms with Crippen molar-refractivity contribution < 1.29 is 28.8 Å². The first-order valence-electron chi connectivity index (χ1n) is 28.5. The number of carbonyl (C=O) groups excluding carboxylic acids is 1. The third-order valence-electron chi connectivity index (χ3n) is 13.6. The Kier molecular flexibility index (Phi) is 50.6. The lowest BCUT2D eigenvalue weighted by atomic mass is 10.0. The Morgan fingerprint density at radius 3 is 0.857 bits per heavy atom. The van der Waals surface area contributed by atoms with Crippen LogP contribution >= 0.6 is 7.82 Å². The molecule has 0 radical (unpaired) electrons. The van der Waals surface area contributed by atoms with E-state index < -0.39 is 26.6 Å². The summed E-state index contributed by atoms with van der Waals surface area (Å²) in [6.07, 6.45) is 62.8. The summed E-state index contributed by atoms with van der Waals surface area (Å²) in [5.41, 5.74) is 0. The molecule has 0 aliphatic carbocycles. The Balaban J connectivity index is 3.64. The molecule has 0 saturated carbocycles. The van der Waals surface area contributed by atoms with E-state index in [1.54, 1.807) is 0 Å². The molecule has 0 aliphatic heterocycles. The fourth-order valence-corrected chi connectivity index (χ4v) is 9.65. The molecule has 8 heteroatoms. The fourth-order valence-electron chi connectivity index (χ4n) is 9.29. The second-order valence-corrected chi connectivity index (χ2v) is 21.2. The highest BCUT2D eigenvalue weighted by atomic mass is 31.2. The van der Waals surface area contributed by atoms with Crippen LogP contribution in [0.25, 0.3) is 0 Å². The Morgan fingerprint density at radius 1 is 0.397 bits per heavy atom. The van der Waals surface area contributed by atoms with Gasteiger partial charge in [-0.3, -0.25) is 9.32 Å². The third kappa shape index (κ3) is 52.4. The SMILES string of the molecule is CCCCCCCCCCCCCCCCCCCCCCCCCCCCCCCCCC(=O)N[C@@H](COP(=O)(O)O)[C@H](O)CCCCCCCCCCCCCCCCCC. The summed E-state index contributed by atoms with van der Waals surface area (Å²) in [6.45, 7) is 4.17. The number of hydrogen-bond acceptors (Lipinski definition) is 4. The monoisotopic (exact) mass is 914 g/mol. The van der Waals surface area contributed by atoms with Crippen molar-refractivity contribution in [1.29, 1.82) is 0 Å². The molecule has 0 saturated heterocycles. The largest absolute Gasteiger partial charge is 0.469 e. The predicted molar refractivity (Wildman–Crippen MR) is 274 cm³/mol. The van der Waals surface area contributed by atoms with Crippen molar-refractivity contribution in [3.8, 4) is 0 Å². The molecular weight excluding hydrogens is 802 g/mol. The van der Waals surface area contributed by atoms with Crippen molar-refractivity contribution in [2.75, 3.05) is 6.61 Å². The molecular formula is C55H112NO6P. The Bertz CT molecular complexity index is 946. The maximum absolute atomic E-state index is 12.7. The number of phosphoric acid groups is 1. The molecule has 0 aromatic carbocycles. The average molecular weight is 914 g/mol. The van der Waals surface area contributed by atoms with Crippen LogP contribution in [-0.4, -0.2) is 39.6 Å². The summed E-state index contributed by atoms with van der Waals surface area (Å²) in [7, 11) is -4.69. The van der Waals surface area contributed by atoms with E-state index in [-0.39, 0.29) is 5.91 Å². The molecule has 7 nitrogen and oxygen atoms in total. The first kappa shape index (κ1) is 62.5. The van der Waals surface area contributed by atoms with Crippen LogP contribution in [0.2, 0.25) is 0 Å². The summed E-state index contributed by atoms with van der Waals surface area (Å²) < 4.78 is 16.1.